The highest BCUT2D eigenvalue weighted by Crippen LogP contribution is 2.33. The fraction of sp³-hybridized carbons (Fsp3) is 0.600. The van der Waals surface area contributed by atoms with Gasteiger partial charge in [-0.2, -0.15) is 0 Å². The van der Waals surface area contributed by atoms with Crippen LogP contribution in [0, 0.1) is 5.41 Å². The van der Waals surface area contributed by atoms with Crippen molar-refractivity contribution in [2.75, 3.05) is 13.2 Å². The van der Waals surface area contributed by atoms with Crippen LogP contribution in [-0.4, -0.2) is 35.4 Å². The zero-order chi connectivity index (χ0) is 19.1. The molecule has 0 saturated heterocycles. The first kappa shape index (κ1) is 21.2. The van der Waals surface area contributed by atoms with Gasteiger partial charge >= 0.3 is 11.9 Å². The molecule has 1 aromatic carbocycles. The number of carbonyl (C=O) groups excluding carboxylic acids is 1. The second-order valence-electron chi connectivity index (χ2n) is 7.49. The van der Waals surface area contributed by atoms with Crippen molar-refractivity contribution in [1.82, 2.24) is 0 Å². The summed E-state index contributed by atoms with van der Waals surface area (Å²) in [4.78, 5) is 23.4. The number of carbonyl (C=O) groups is 2. The van der Waals surface area contributed by atoms with Gasteiger partial charge in [0.15, 0.2) is 0 Å². The van der Waals surface area contributed by atoms with Crippen LogP contribution in [-0.2, 0) is 26.2 Å². The van der Waals surface area contributed by atoms with Crippen LogP contribution in [0.4, 0.5) is 0 Å². The number of hydrogen-bond donors (Lipinski definition) is 2. The summed E-state index contributed by atoms with van der Waals surface area (Å²) in [7, 11) is 0. The number of aliphatic hydroxyl groups is 1. The van der Waals surface area contributed by atoms with E-state index < -0.39 is 11.4 Å². The van der Waals surface area contributed by atoms with E-state index in [4.69, 9.17) is 4.74 Å². The minimum Gasteiger partial charge on any atom is -0.481 e. The van der Waals surface area contributed by atoms with E-state index in [0.717, 1.165) is 17.5 Å². The van der Waals surface area contributed by atoms with Crippen molar-refractivity contribution >= 4 is 11.9 Å². The molecule has 1 atom stereocenters. The van der Waals surface area contributed by atoms with Gasteiger partial charge < -0.3 is 14.9 Å². The maximum Gasteiger partial charge on any atom is 0.313 e. The Labute approximate surface area is 150 Å². The third-order valence-electron chi connectivity index (χ3n) is 4.68. The molecular weight excluding hydrogens is 320 g/mol. The second kappa shape index (κ2) is 8.99. The summed E-state index contributed by atoms with van der Waals surface area (Å²) in [6.45, 7) is 7.85. The summed E-state index contributed by atoms with van der Waals surface area (Å²) in [5.41, 5.74) is 0.322. The Morgan fingerprint density at radius 2 is 1.68 bits per heavy atom. The molecule has 5 heteroatoms. The molecule has 0 aliphatic heterocycles. The van der Waals surface area contributed by atoms with Gasteiger partial charge in [0.1, 0.15) is 0 Å². The van der Waals surface area contributed by atoms with Crippen molar-refractivity contribution in [2.24, 2.45) is 5.41 Å². The molecule has 0 fully saturated rings. The van der Waals surface area contributed by atoms with Gasteiger partial charge in [-0.1, -0.05) is 44.5 Å². The summed E-state index contributed by atoms with van der Waals surface area (Å²) >= 11 is 0. The van der Waals surface area contributed by atoms with Crippen molar-refractivity contribution in [3.8, 4) is 0 Å². The highest BCUT2D eigenvalue weighted by molar-refractivity contribution is 5.81. The number of carboxylic acid groups (broad SMARTS) is 1. The standard InChI is InChI=1S/C20H30O5/c1-5-25-17(22)13-15-7-9-16(10-8-15)20(4,18(23)24)12-6-11-19(2,3)14-21/h7-10,21H,5-6,11-14H2,1-4H3,(H,23,24). The zero-order valence-electron chi connectivity index (χ0n) is 15.7. The maximum atomic E-state index is 11.9. The molecule has 0 saturated carbocycles. The number of carboxylic acids is 1. The van der Waals surface area contributed by atoms with Gasteiger partial charge in [-0.25, -0.2) is 0 Å². The molecule has 140 valence electrons. The van der Waals surface area contributed by atoms with Crippen LogP contribution in [0.25, 0.3) is 0 Å². The highest BCUT2D eigenvalue weighted by atomic mass is 16.5. The first-order valence-corrected chi connectivity index (χ1v) is 8.74. The van der Waals surface area contributed by atoms with Crippen molar-refractivity contribution in [2.45, 2.75) is 58.8 Å². The third kappa shape index (κ3) is 6.16. The van der Waals surface area contributed by atoms with Crippen LogP contribution >= 0.6 is 0 Å². The monoisotopic (exact) mass is 350 g/mol. The third-order valence-corrected chi connectivity index (χ3v) is 4.68. The molecule has 0 heterocycles. The Hall–Kier alpha value is -1.88. The van der Waals surface area contributed by atoms with Crippen LogP contribution in [0.3, 0.4) is 0 Å². The lowest BCUT2D eigenvalue weighted by Crippen LogP contribution is -2.33. The highest BCUT2D eigenvalue weighted by Gasteiger charge is 2.35. The molecule has 0 aliphatic rings. The molecule has 1 unspecified atom stereocenters. The number of hydrogen-bond acceptors (Lipinski definition) is 4. The van der Waals surface area contributed by atoms with Crippen molar-refractivity contribution in [1.29, 1.82) is 0 Å². The van der Waals surface area contributed by atoms with Gasteiger partial charge in [-0.15, -0.1) is 0 Å². The molecule has 5 nitrogen and oxygen atoms in total. The van der Waals surface area contributed by atoms with E-state index in [2.05, 4.69) is 0 Å². The predicted molar refractivity (Wildman–Crippen MR) is 96.5 cm³/mol. The largest absolute Gasteiger partial charge is 0.481 e. The molecule has 0 amide bonds. The van der Waals surface area contributed by atoms with Crippen LogP contribution in [0.5, 0.6) is 0 Å². The van der Waals surface area contributed by atoms with Crippen LogP contribution in [0.1, 0.15) is 58.1 Å². The number of esters is 1. The lowest BCUT2D eigenvalue weighted by Gasteiger charge is -2.28. The fourth-order valence-corrected chi connectivity index (χ4v) is 2.74. The van der Waals surface area contributed by atoms with E-state index in [1.165, 1.54) is 0 Å². The van der Waals surface area contributed by atoms with Crippen molar-refractivity contribution in [3.05, 3.63) is 35.4 Å². The maximum absolute atomic E-state index is 11.9. The second-order valence-corrected chi connectivity index (χ2v) is 7.49. The molecule has 2 N–H and O–H groups in total. The molecule has 1 aromatic rings. The minimum atomic E-state index is -0.992. The molecule has 1 rings (SSSR count). The van der Waals surface area contributed by atoms with E-state index in [9.17, 15) is 19.8 Å². The lowest BCUT2D eigenvalue weighted by molar-refractivity contribution is -0.144. The van der Waals surface area contributed by atoms with E-state index in [1.807, 2.05) is 13.8 Å². The Morgan fingerprint density at radius 3 is 2.16 bits per heavy atom. The smallest absolute Gasteiger partial charge is 0.313 e. The Kier molecular flexibility index (Phi) is 7.61. The summed E-state index contributed by atoms with van der Waals surface area (Å²) in [5.74, 6) is -1.16. The minimum absolute atomic E-state index is 0.0827. The molecular formula is C20H30O5. The molecule has 0 aliphatic carbocycles. The molecule has 0 radical (unpaired) electrons. The van der Waals surface area contributed by atoms with Gasteiger partial charge in [-0.05, 0) is 43.2 Å². The van der Waals surface area contributed by atoms with Crippen molar-refractivity contribution in [3.63, 3.8) is 0 Å². The van der Waals surface area contributed by atoms with Gasteiger partial charge in [0, 0.05) is 6.61 Å². The zero-order valence-corrected chi connectivity index (χ0v) is 15.7. The topological polar surface area (TPSA) is 83.8 Å². The van der Waals surface area contributed by atoms with E-state index in [0.29, 0.717) is 19.4 Å². The quantitative estimate of drug-likeness (QED) is 0.632. The predicted octanol–water partition coefficient (Wildman–Crippen LogP) is 3.32. The average Bonchev–Trinajstić information content (AvgIpc) is 2.55. The summed E-state index contributed by atoms with van der Waals surface area (Å²) in [5, 5.41) is 19.1. The van der Waals surface area contributed by atoms with Gasteiger partial charge in [-0.3, -0.25) is 9.59 Å². The molecule has 25 heavy (non-hydrogen) atoms. The van der Waals surface area contributed by atoms with Gasteiger partial charge in [0.2, 0.25) is 0 Å². The van der Waals surface area contributed by atoms with E-state index >= 15 is 0 Å². The number of benzene rings is 1. The normalized spacial score (nSPS) is 14.0. The molecule has 0 aromatic heterocycles. The van der Waals surface area contributed by atoms with Crippen LogP contribution in [0.2, 0.25) is 0 Å². The first-order chi connectivity index (χ1) is 11.6. The number of rotatable bonds is 10. The SMILES string of the molecule is CCOC(=O)Cc1ccc(C(C)(CCCC(C)(C)CO)C(=O)O)cc1. The molecule has 0 spiro atoms. The van der Waals surface area contributed by atoms with Crippen molar-refractivity contribution < 1.29 is 24.5 Å². The first-order valence-electron chi connectivity index (χ1n) is 8.74. The Balaban J connectivity index is 2.84. The molecule has 0 bridgehead atoms. The number of aliphatic carboxylic acids is 1. The van der Waals surface area contributed by atoms with Crippen LogP contribution < -0.4 is 0 Å². The fourth-order valence-electron chi connectivity index (χ4n) is 2.74. The van der Waals surface area contributed by atoms with Gasteiger partial charge in [0.05, 0.1) is 18.4 Å². The van der Waals surface area contributed by atoms with Gasteiger partial charge in [0.25, 0.3) is 0 Å². The number of ether oxygens (including phenoxy) is 1. The summed E-state index contributed by atoms with van der Waals surface area (Å²) in [6, 6.07) is 7.12. The van der Waals surface area contributed by atoms with E-state index in [-0.39, 0.29) is 24.4 Å². The summed E-state index contributed by atoms with van der Waals surface area (Å²) < 4.78 is 4.92. The lowest BCUT2D eigenvalue weighted by atomic mass is 9.76. The average molecular weight is 350 g/mol. The Bertz CT molecular complexity index is 576. The number of aliphatic hydroxyl groups excluding tert-OH is 1. The Morgan fingerprint density at radius 1 is 1.08 bits per heavy atom. The summed E-state index contributed by atoms with van der Waals surface area (Å²) in [6.07, 6.45) is 2.14. The van der Waals surface area contributed by atoms with E-state index in [1.54, 1.807) is 38.1 Å². The van der Waals surface area contributed by atoms with Crippen LogP contribution in [0.15, 0.2) is 24.3 Å².